The highest BCUT2D eigenvalue weighted by molar-refractivity contribution is 9.12. The molecule has 0 amide bonds. The third-order valence-corrected chi connectivity index (χ3v) is 4.44. The van der Waals surface area contributed by atoms with E-state index in [1.165, 1.54) is 25.3 Å². The molecule has 0 aliphatic carbocycles. The number of ether oxygens (including phenoxy) is 2. The maximum absolute atomic E-state index is 12.3. The number of carbonyl (C=O) groups excluding carboxylic acids is 1. The van der Waals surface area contributed by atoms with E-state index < -0.39 is 18.5 Å². The molecule has 0 unspecified atom stereocenters. The highest BCUT2D eigenvalue weighted by Crippen LogP contribution is 2.39. The third kappa shape index (κ3) is 4.63. The molecule has 1 aromatic carbocycles. The topological polar surface area (TPSA) is 64.2 Å². The summed E-state index contributed by atoms with van der Waals surface area (Å²) in [5.74, 6) is -1.08. The first-order valence-electron chi connectivity index (χ1n) is 6.38. The lowest BCUT2D eigenvalue weighted by Crippen LogP contribution is -2.02. The van der Waals surface area contributed by atoms with Crippen LogP contribution in [-0.2, 0) is 9.53 Å². The SMILES string of the molecule is COC(=O)C(Br)=Cc1cc(-c2[nH]nc(OC(F)F)c2Cl)c(Cl)cc1Cl. The number of hydrogen-bond acceptors (Lipinski definition) is 4. The third-order valence-electron chi connectivity index (χ3n) is 2.90. The van der Waals surface area contributed by atoms with Crippen LogP contribution in [0, 0.1) is 0 Å². The summed E-state index contributed by atoms with van der Waals surface area (Å²) in [4.78, 5) is 11.5. The number of carbonyl (C=O) groups is 1. The normalized spacial score (nSPS) is 11.8. The molecular weight excluding hydrogens is 468 g/mol. The van der Waals surface area contributed by atoms with Crippen molar-refractivity contribution in [3.05, 3.63) is 37.2 Å². The van der Waals surface area contributed by atoms with Crippen molar-refractivity contribution in [2.24, 2.45) is 0 Å². The van der Waals surface area contributed by atoms with Crippen molar-refractivity contribution in [3.8, 4) is 17.1 Å². The molecule has 0 radical (unpaired) electrons. The molecule has 0 atom stereocenters. The molecular formula is C14H8BrCl3F2N2O3. The molecule has 0 saturated heterocycles. The molecule has 0 aliphatic rings. The van der Waals surface area contributed by atoms with E-state index in [1.807, 2.05) is 0 Å². The smallest absolute Gasteiger partial charge is 0.388 e. The number of aromatic nitrogens is 2. The Balaban J connectivity index is 2.51. The molecule has 1 aromatic heterocycles. The number of halogens is 6. The summed E-state index contributed by atoms with van der Waals surface area (Å²) in [7, 11) is 1.22. The summed E-state index contributed by atoms with van der Waals surface area (Å²) in [5.41, 5.74) is 0.882. The largest absolute Gasteiger partial charge is 0.465 e. The van der Waals surface area contributed by atoms with Crippen LogP contribution in [0.3, 0.4) is 0 Å². The number of hydrogen-bond donors (Lipinski definition) is 1. The predicted octanol–water partition coefficient (Wildman–Crippen LogP) is 5.55. The number of nitrogens with one attached hydrogen (secondary N) is 1. The fourth-order valence-corrected chi connectivity index (χ4v) is 2.99. The van der Waals surface area contributed by atoms with Crippen LogP contribution in [0.1, 0.15) is 5.56 Å². The molecule has 0 spiro atoms. The Morgan fingerprint density at radius 2 is 2.00 bits per heavy atom. The van der Waals surface area contributed by atoms with Gasteiger partial charge in [0.15, 0.2) is 0 Å². The van der Waals surface area contributed by atoms with Crippen LogP contribution in [-0.4, -0.2) is 29.9 Å². The van der Waals surface area contributed by atoms with Gasteiger partial charge in [-0.15, -0.1) is 5.10 Å². The fourth-order valence-electron chi connectivity index (χ4n) is 1.81. The first-order valence-corrected chi connectivity index (χ1v) is 8.30. The molecule has 0 saturated carbocycles. The van der Waals surface area contributed by atoms with Crippen molar-refractivity contribution in [1.82, 2.24) is 10.2 Å². The molecule has 1 heterocycles. The van der Waals surface area contributed by atoms with Gasteiger partial charge in [0.1, 0.15) is 9.51 Å². The van der Waals surface area contributed by atoms with Gasteiger partial charge in [0.05, 0.1) is 17.8 Å². The zero-order valence-electron chi connectivity index (χ0n) is 12.2. The molecule has 25 heavy (non-hydrogen) atoms. The van der Waals surface area contributed by atoms with Gasteiger partial charge in [0.2, 0.25) is 0 Å². The van der Waals surface area contributed by atoms with Crippen LogP contribution in [0.4, 0.5) is 8.78 Å². The van der Waals surface area contributed by atoms with Gasteiger partial charge in [-0.1, -0.05) is 34.8 Å². The van der Waals surface area contributed by atoms with E-state index in [0.29, 0.717) is 11.1 Å². The lowest BCUT2D eigenvalue weighted by molar-refractivity contribution is -0.135. The van der Waals surface area contributed by atoms with Crippen LogP contribution < -0.4 is 4.74 Å². The average molecular weight is 476 g/mol. The van der Waals surface area contributed by atoms with E-state index in [0.717, 1.165) is 0 Å². The van der Waals surface area contributed by atoms with E-state index in [2.05, 4.69) is 35.6 Å². The minimum Gasteiger partial charge on any atom is -0.465 e. The Morgan fingerprint density at radius 3 is 2.60 bits per heavy atom. The van der Waals surface area contributed by atoms with E-state index in [4.69, 9.17) is 34.8 Å². The molecule has 5 nitrogen and oxygen atoms in total. The van der Waals surface area contributed by atoms with Crippen molar-refractivity contribution >= 4 is 62.8 Å². The highest BCUT2D eigenvalue weighted by Gasteiger charge is 2.20. The summed E-state index contributed by atoms with van der Waals surface area (Å²) >= 11 is 21.3. The van der Waals surface area contributed by atoms with E-state index in [9.17, 15) is 13.6 Å². The summed E-state index contributed by atoms with van der Waals surface area (Å²) < 4.78 is 33.5. The lowest BCUT2D eigenvalue weighted by atomic mass is 10.1. The van der Waals surface area contributed by atoms with E-state index in [-0.39, 0.29) is 25.2 Å². The van der Waals surface area contributed by atoms with Gasteiger partial charge in [-0.2, -0.15) is 8.78 Å². The number of esters is 1. The van der Waals surface area contributed by atoms with Gasteiger partial charge in [-0.3, -0.25) is 5.10 Å². The zero-order valence-corrected chi connectivity index (χ0v) is 16.1. The lowest BCUT2D eigenvalue weighted by Gasteiger charge is -2.07. The quantitative estimate of drug-likeness (QED) is 0.454. The Hall–Kier alpha value is -1.35. The minimum absolute atomic E-state index is 0.114. The summed E-state index contributed by atoms with van der Waals surface area (Å²) in [5, 5.41) is 6.31. The first kappa shape index (κ1) is 20.0. The van der Waals surface area contributed by atoms with Gasteiger partial charge in [0, 0.05) is 10.6 Å². The number of alkyl halides is 2. The Bertz CT molecular complexity index is 843. The average Bonchev–Trinajstić information content (AvgIpc) is 2.89. The maximum Gasteiger partial charge on any atom is 0.388 e. The van der Waals surface area contributed by atoms with Gasteiger partial charge in [-0.05, 0) is 39.7 Å². The van der Waals surface area contributed by atoms with Crippen molar-refractivity contribution < 1.29 is 23.0 Å². The highest BCUT2D eigenvalue weighted by atomic mass is 79.9. The monoisotopic (exact) mass is 474 g/mol. The fraction of sp³-hybridized carbons (Fsp3) is 0.143. The Kier molecular flexibility index (Phi) is 6.67. The number of aromatic amines is 1. The Morgan fingerprint density at radius 1 is 1.32 bits per heavy atom. The number of rotatable bonds is 5. The van der Waals surface area contributed by atoms with Crippen molar-refractivity contribution in [2.75, 3.05) is 7.11 Å². The van der Waals surface area contributed by atoms with Gasteiger partial charge < -0.3 is 9.47 Å². The predicted molar refractivity (Wildman–Crippen MR) is 94.6 cm³/mol. The second-order valence-corrected chi connectivity index (χ2v) is 6.48. The molecule has 0 bridgehead atoms. The molecule has 0 aliphatic heterocycles. The van der Waals surface area contributed by atoms with Crippen molar-refractivity contribution in [3.63, 3.8) is 0 Å². The molecule has 2 aromatic rings. The van der Waals surface area contributed by atoms with Crippen molar-refractivity contribution in [2.45, 2.75) is 6.61 Å². The minimum atomic E-state index is -3.08. The molecule has 1 N–H and O–H groups in total. The summed E-state index contributed by atoms with van der Waals surface area (Å²) in [6.45, 7) is -3.08. The van der Waals surface area contributed by atoms with Crippen LogP contribution in [0.15, 0.2) is 16.6 Å². The maximum atomic E-state index is 12.3. The van der Waals surface area contributed by atoms with Gasteiger partial charge in [0.25, 0.3) is 5.88 Å². The van der Waals surface area contributed by atoms with Crippen LogP contribution in [0.2, 0.25) is 15.1 Å². The Labute approximate surface area is 164 Å². The molecule has 0 fully saturated rings. The van der Waals surface area contributed by atoms with Crippen LogP contribution >= 0.6 is 50.7 Å². The number of nitrogens with zero attached hydrogens (tertiary/aromatic N) is 1. The summed E-state index contributed by atoms with van der Waals surface area (Å²) in [6, 6.07) is 2.91. The van der Waals surface area contributed by atoms with E-state index >= 15 is 0 Å². The molecule has 134 valence electrons. The van der Waals surface area contributed by atoms with Crippen molar-refractivity contribution in [1.29, 1.82) is 0 Å². The van der Waals surface area contributed by atoms with Crippen LogP contribution in [0.25, 0.3) is 17.3 Å². The number of H-pyrrole nitrogens is 1. The summed E-state index contributed by atoms with van der Waals surface area (Å²) in [6.07, 6.45) is 1.41. The van der Waals surface area contributed by atoms with Crippen LogP contribution in [0.5, 0.6) is 5.88 Å². The second-order valence-electron chi connectivity index (χ2n) is 4.43. The van der Waals surface area contributed by atoms with Gasteiger partial charge in [-0.25, -0.2) is 4.79 Å². The second kappa shape index (κ2) is 8.35. The first-order chi connectivity index (χ1) is 11.7. The molecule has 11 heteroatoms. The van der Waals surface area contributed by atoms with Gasteiger partial charge >= 0.3 is 12.6 Å². The number of methoxy groups -OCH3 is 1. The van der Waals surface area contributed by atoms with E-state index in [1.54, 1.807) is 0 Å². The zero-order chi connectivity index (χ0) is 18.7. The standard InChI is InChI=1S/C14H8BrCl3F2N2O3/c1-24-13(23)7(15)3-5-2-6(9(17)4-8(5)16)11-10(18)12(22-21-11)25-14(19)20/h2-4,14H,1H3,(H,21,22). The number of benzene rings is 1. The molecule has 2 rings (SSSR count).